The molecule has 1 aliphatic heterocycles. The Bertz CT molecular complexity index is 1070. The molecule has 3 atom stereocenters. The van der Waals surface area contributed by atoms with E-state index in [1.54, 1.807) is 12.1 Å². The maximum Gasteiger partial charge on any atom is 0.224 e. The summed E-state index contributed by atoms with van der Waals surface area (Å²) in [6.45, 7) is 7.38. The predicted molar refractivity (Wildman–Crippen MR) is 156 cm³/mol. The molecule has 1 amide bonds. The van der Waals surface area contributed by atoms with Crippen LogP contribution in [0.15, 0.2) is 47.5 Å². The van der Waals surface area contributed by atoms with E-state index < -0.39 is 0 Å². The third-order valence-corrected chi connectivity index (χ3v) is 7.92. The number of nitrogens with zero attached hydrogens (tertiary/aromatic N) is 2. The SMILES string of the molecule is C[C@@H]1CCCCC[C@H]1N=C(Nc1ccc(NC(=O)CCc2ccc(Cl)cc2Cl)cc1)N1CCN[C@@H](C)C1. The van der Waals surface area contributed by atoms with Crippen LogP contribution in [0.4, 0.5) is 11.4 Å². The minimum Gasteiger partial charge on any atom is -0.340 e. The van der Waals surface area contributed by atoms with Crippen molar-refractivity contribution in [2.45, 2.75) is 70.9 Å². The molecule has 200 valence electrons. The number of nitrogens with one attached hydrogen (secondary N) is 3. The zero-order chi connectivity index (χ0) is 26.2. The molecule has 2 fully saturated rings. The number of anilines is 2. The van der Waals surface area contributed by atoms with Crippen LogP contribution in [0.1, 0.15) is 57.9 Å². The van der Waals surface area contributed by atoms with E-state index in [4.69, 9.17) is 28.2 Å². The first-order valence-corrected chi connectivity index (χ1v) is 14.3. The van der Waals surface area contributed by atoms with Crippen LogP contribution in [0.2, 0.25) is 10.0 Å². The number of carbonyl (C=O) groups excluding carboxylic acids is 1. The van der Waals surface area contributed by atoms with Crippen LogP contribution in [-0.2, 0) is 11.2 Å². The molecule has 1 aliphatic carbocycles. The molecule has 0 spiro atoms. The minimum absolute atomic E-state index is 0.0499. The number of aryl methyl sites for hydroxylation is 1. The van der Waals surface area contributed by atoms with Crippen molar-refractivity contribution in [3.63, 3.8) is 0 Å². The molecule has 0 unspecified atom stereocenters. The zero-order valence-electron chi connectivity index (χ0n) is 21.9. The summed E-state index contributed by atoms with van der Waals surface area (Å²) in [6, 6.07) is 14.0. The molecule has 2 aromatic rings. The molecule has 8 heteroatoms. The molecule has 1 heterocycles. The summed E-state index contributed by atoms with van der Waals surface area (Å²) in [5, 5.41) is 11.3. The van der Waals surface area contributed by atoms with Gasteiger partial charge < -0.3 is 20.9 Å². The highest BCUT2D eigenvalue weighted by Crippen LogP contribution is 2.26. The van der Waals surface area contributed by atoms with E-state index in [2.05, 4.69) is 34.7 Å². The lowest BCUT2D eigenvalue weighted by Gasteiger charge is -2.35. The molecule has 3 N–H and O–H groups in total. The molecule has 1 saturated heterocycles. The molecule has 6 nitrogen and oxygen atoms in total. The van der Waals surface area contributed by atoms with Gasteiger partial charge >= 0.3 is 0 Å². The molecule has 0 bridgehead atoms. The Kier molecular flexibility index (Phi) is 10.1. The van der Waals surface area contributed by atoms with Crippen molar-refractivity contribution >= 4 is 46.4 Å². The van der Waals surface area contributed by atoms with Gasteiger partial charge in [-0.15, -0.1) is 0 Å². The lowest BCUT2D eigenvalue weighted by molar-refractivity contribution is -0.116. The van der Waals surface area contributed by atoms with Crippen LogP contribution in [0.5, 0.6) is 0 Å². The van der Waals surface area contributed by atoms with Gasteiger partial charge in [-0.25, -0.2) is 4.99 Å². The second-order valence-electron chi connectivity index (χ2n) is 10.4. The summed E-state index contributed by atoms with van der Waals surface area (Å²) in [5.41, 5.74) is 2.65. The smallest absolute Gasteiger partial charge is 0.224 e. The van der Waals surface area contributed by atoms with Crippen molar-refractivity contribution in [1.29, 1.82) is 0 Å². The van der Waals surface area contributed by atoms with Gasteiger partial charge in [0.25, 0.3) is 0 Å². The van der Waals surface area contributed by atoms with Gasteiger partial charge in [0.05, 0.1) is 6.04 Å². The number of benzene rings is 2. The van der Waals surface area contributed by atoms with Gasteiger partial charge in [-0.2, -0.15) is 0 Å². The van der Waals surface area contributed by atoms with Gasteiger partial charge in [0.2, 0.25) is 5.91 Å². The van der Waals surface area contributed by atoms with Gasteiger partial charge in [0.15, 0.2) is 5.96 Å². The number of amides is 1. The van der Waals surface area contributed by atoms with Crippen molar-refractivity contribution in [1.82, 2.24) is 10.2 Å². The summed E-state index contributed by atoms with van der Waals surface area (Å²) < 4.78 is 0. The predicted octanol–water partition coefficient (Wildman–Crippen LogP) is 6.60. The number of hydrogen-bond donors (Lipinski definition) is 3. The first-order chi connectivity index (χ1) is 17.9. The Morgan fingerprint density at radius 1 is 1.03 bits per heavy atom. The molecule has 37 heavy (non-hydrogen) atoms. The largest absolute Gasteiger partial charge is 0.340 e. The second-order valence-corrected chi connectivity index (χ2v) is 11.3. The molecule has 1 saturated carbocycles. The number of piperazine rings is 1. The Labute approximate surface area is 231 Å². The highest BCUT2D eigenvalue weighted by Gasteiger charge is 2.24. The van der Waals surface area contributed by atoms with Crippen LogP contribution >= 0.6 is 23.2 Å². The normalized spacial score (nSPS) is 22.9. The summed E-state index contributed by atoms with van der Waals surface area (Å²) in [5.74, 6) is 1.51. The Morgan fingerprint density at radius 3 is 2.49 bits per heavy atom. The molecule has 2 aliphatic rings. The van der Waals surface area contributed by atoms with Crippen LogP contribution in [0, 0.1) is 5.92 Å². The third-order valence-electron chi connectivity index (χ3n) is 7.33. The van der Waals surface area contributed by atoms with Gasteiger partial charge in [-0.3, -0.25) is 4.79 Å². The highest BCUT2D eigenvalue weighted by molar-refractivity contribution is 6.35. The van der Waals surface area contributed by atoms with Crippen LogP contribution in [0.3, 0.4) is 0 Å². The Balaban J connectivity index is 1.39. The summed E-state index contributed by atoms with van der Waals surface area (Å²) >= 11 is 12.2. The molecule has 0 radical (unpaired) electrons. The molecule has 4 rings (SSSR count). The monoisotopic (exact) mass is 543 g/mol. The highest BCUT2D eigenvalue weighted by atomic mass is 35.5. The van der Waals surface area contributed by atoms with E-state index in [9.17, 15) is 4.79 Å². The summed E-state index contributed by atoms with van der Waals surface area (Å²) in [7, 11) is 0. The number of carbonyl (C=O) groups is 1. The lowest BCUT2D eigenvalue weighted by atomic mass is 9.98. The fourth-order valence-electron chi connectivity index (χ4n) is 5.10. The number of guanidine groups is 1. The number of halogens is 2. The second kappa shape index (κ2) is 13.5. The first kappa shape index (κ1) is 27.7. The van der Waals surface area contributed by atoms with Gasteiger partial charge in [0, 0.05) is 53.5 Å². The average Bonchev–Trinajstić information content (AvgIpc) is 3.08. The van der Waals surface area contributed by atoms with Crippen molar-refractivity contribution in [3.05, 3.63) is 58.1 Å². The summed E-state index contributed by atoms with van der Waals surface area (Å²) in [4.78, 5) is 20.2. The lowest BCUT2D eigenvalue weighted by Crippen LogP contribution is -2.53. The first-order valence-electron chi connectivity index (χ1n) is 13.5. The van der Waals surface area contributed by atoms with E-state index in [-0.39, 0.29) is 5.91 Å². The van der Waals surface area contributed by atoms with E-state index in [0.29, 0.717) is 40.9 Å². The number of aliphatic imine (C=N–C) groups is 1. The van der Waals surface area contributed by atoms with Crippen LogP contribution in [-0.4, -0.2) is 48.5 Å². The molecule has 0 aromatic heterocycles. The molecular weight excluding hydrogens is 505 g/mol. The van der Waals surface area contributed by atoms with Crippen LogP contribution < -0.4 is 16.0 Å². The quantitative estimate of drug-likeness (QED) is 0.218. The van der Waals surface area contributed by atoms with Crippen molar-refractivity contribution in [2.24, 2.45) is 10.9 Å². The third kappa shape index (κ3) is 8.36. The van der Waals surface area contributed by atoms with Gasteiger partial charge in [-0.1, -0.05) is 55.5 Å². The fraction of sp³-hybridized carbons (Fsp3) is 0.517. The molecule has 2 aromatic carbocycles. The number of rotatable bonds is 6. The van der Waals surface area contributed by atoms with E-state index in [1.807, 2.05) is 30.3 Å². The van der Waals surface area contributed by atoms with E-state index in [0.717, 1.165) is 49.0 Å². The topological polar surface area (TPSA) is 68.8 Å². The minimum atomic E-state index is -0.0499. The fourth-order valence-corrected chi connectivity index (χ4v) is 5.61. The summed E-state index contributed by atoms with van der Waals surface area (Å²) in [6.07, 6.45) is 7.17. The maximum absolute atomic E-state index is 12.5. The number of hydrogen-bond acceptors (Lipinski definition) is 3. The maximum atomic E-state index is 12.5. The van der Waals surface area contributed by atoms with Gasteiger partial charge in [-0.05, 0) is 74.1 Å². The van der Waals surface area contributed by atoms with E-state index in [1.165, 1.54) is 25.7 Å². The van der Waals surface area contributed by atoms with Crippen LogP contribution in [0.25, 0.3) is 0 Å². The van der Waals surface area contributed by atoms with Crippen molar-refractivity contribution in [3.8, 4) is 0 Å². The average molecular weight is 545 g/mol. The standard InChI is InChI=1S/C29H39Cl2N5O/c1-20-6-4-3-5-7-27(20)35-29(36-17-16-32-21(2)19-36)34-25-13-11-24(12-14-25)33-28(37)15-9-22-8-10-23(30)18-26(22)31/h8,10-14,18,20-21,27,32H,3-7,9,15-17,19H2,1-2H3,(H,33,37)(H,34,35)/t20-,21+,27-/m1/s1. The van der Waals surface area contributed by atoms with Crippen molar-refractivity contribution in [2.75, 3.05) is 30.3 Å². The Hall–Kier alpha value is -2.28. The Morgan fingerprint density at radius 2 is 1.76 bits per heavy atom. The zero-order valence-corrected chi connectivity index (χ0v) is 23.4. The van der Waals surface area contributed by atoms with E-state index >= 15 is 0 Å². The molecular formula is C29H39Cl2N5O. The van der Waals surface area contributed by atoms with Gasteiger partial charge in [0.1, 0.15) is 0 Å². The van der Waals surface area contributed by atoms with Crippen molar-refractivity contribution < 1.29 is 4.79 Å².